The van der Waals surface area contributed by atoms with Gasteiger partial charge in [-0.2, -0.15) is 5.10 Å². The number of aromatic nitrogens is 5. The Balaban J connectivity index is 1.34. The molecule has 6 N–H and O–H groups in total. The maximum absolute atomic E-state index is 13.3. The first-order chi connectivity index (χ1) is 17.6. The molecule has 0 unspecified atom stereocenters. The molecular formula is C22H21N9O6. The molecule has 1 saturated heterocycles. The van der Waals surface area contributed by atoms with E-state index in [-0.39, 0.29) is 30.5 Å². The van der Waals surface area contributed by atoms with Gasteiger partial charge in [-0.05, 0) is 25.1 Å². The molecule has 37 heavy (non-hydrogen) atoms. The van der Waals surface area contributed by atoms with Crippen LogP contribution in [0.15, 0.2) is 47.2 Å². The number of ether oxygens (including phenoxy) is 1. The van der Waals surface area contributed by atoms with E-state index in [4.69, 9.17) is 20.7 Å². The van der Waals surface area contributed by atoms with Gasteiger partial charge in [-0.15, -0.1) is 10.2 Å². The molecule has 2 atom stereocenters. The van der Waals surface area contributed by atoms with E-state index in [1.165, 1.54) is 34.8 Å². The van der Waals surface area contributed by atoms with Crippen LogP contribution in [0.1, 0.15) is 17.4 Å². The van der Waals surface area contributed by atoms with Crippen LogP contribution in [0.2, 0.25) is 0 Å². The molecule has 5 rings (SSSR count). The number of benzene rings is 1. The van der Waals surface area contributed by atoms with Crippen LogP contribution in [0.5, 0.6) is 0 Å². The molecule has 4 aromatic rings. The first kappa shape index (κ1) is 23.8. The Bertz CT molecular complexity index is 1530. The first-order valence-electron chi connectivity index (χ1n) is 11.0. The first-order valence-corrected chi connectivity index (χ1v) is 11.0. The topological polar surface area (TPSA) is 218 Å². The maximum Gasteiger partial charge on any atom is 0.269 e. The van der Waals surface area contributed by atoms with E-state index >= 15 is 0 Å². The third-order valence-corrected chi connectivity index (χ3v) is 5.83. The van der Waals surface area contributed by atoms with Crippen molar-refractivity contribution in [2.45, 2.75) is 18.6 Å². The number of aliphatic hydroxyl groups is 1. The zero-order valence-corrected chi connectivity index (χ0v) is 19.4. The molecule has 0 radical (unpaired) electrons. The number of rotatable bonds is 6. The Morgan fingerprint density at radius 3 is 2.86 bits per heavy atom. The molecule has 0 aliphatic carbocycles. The summed E-state index contributed by atoms with van der Waals surface area (Å²) in [6.07, 6.45) is 1.40. The number of carbonyl (C=O) groups is 3. The summed E-state index contributed by atoms with van der Waals surface area (Å²) < 4.78 is 12.0. The molecule has 4 heterocycles. The van der Waals surface area contributed by atoms with Gasteiger partial charge in [0, 0.05) is 24.0 Å². The average molecular weight is 507 g/mol. The fraction of sp³-hybridized carbons (Fsp3) is 0.227. The molecule has 0 spiro atoms. The molecule has 15 nitrogen and oxygen atoms in total. The van der Waals surface area contributed by atoms with Crippen LogP contribution in [0, 0.1) is 0 Å². The van der Waals surface area contributed by atoms with Crippen molar-refractivity contribution < 1.29 is 28.8 Å². The summed E-state index contributed by atoms with van der Waals surface area (Å²) in [6, 6.07) is 7.61. The third-order valence-electron chi connectivity index (χ3n) is 5.83. The molecular weight excluding hydrogens is 486 g/mol. The monoisotopic (exact) mass is 507 g/mol. The summed E-state index contributed by atoms with van der Waals surface area (Å²) in [4.78, 5) is 39.0. The highest BCUT2D eigenvalue weighted by Gasteiger charge is 2.49. The van der Waals surface area contributed by atoms with Gasteiger partial charge in [0.05, 0.1) is 30.4 Å². The minimum absolute atomic E-state index is 0.0403. The second kappa shape index (κ2) is 8.96. The average Bonchev–Trinajstić information content (AvgIpc) is 3.51. The molecule has 1 aliphatic heterocycles. The Morgan fingerprint density at radius 2 is 2.08 bits per heavy atom. The van der Waals surface area contributed by atoms with Crippen molar-refractivity contribution in [1.29, 1.82) is 0 Å². The summed E-state index contributed by atoms with van der Waals surface area (Å²) in [5, 5.41) is 29.6. The van der Waals surface area contributed by atoms with Crippen LogP contribution in [-0.2, 0) is 14.3 Å². The highest BCUT2D eigenvalue weighted by Crippen LogP contribution is 2.27. The van der Waals surface area contributed by atoms with E-state index in [0.29, 0.717) is 22.3 Å². The number of nitrogens with two attached hydrogens (primary N) is 2. The number of nitrogen functional groups attached to an aromatic ring is 1. The van der Waals surface area contributed by atoms with Gasteiger partial charge in [0.15, 0.2) is 34.6 Å². The lowest BCUT2D eigenvalue weighted by Crippen LogP contribution is -2.61. The molecule has 1 aromatic carbocycles. The van der Waals surface area contributed by atoms with Gasteiger partial charge in [-0.1, -0.05) is 5.16 Å². The lowest BCUT2D eigenvalue weighted by molar-refractivity contribution is -0.165. The number of morpholine rings is 1. The van der Waals surface area contributed by atoms with Gasteiger partial charge in [0.1, 0.15) is 0 Å². The van der Waals surface area contributed by atoms with Crippen molar-refractivity contribution in [3.05, 3.63) is 48.4 Å². The largest absolute Gasteiger partial charge is 0.380 e. The van der Waals surface area contributed by atoms with Gasteiger partial charge in [0.25, 0.3) is 17.7 Å². The number of anilines is 3. The smallest absolute Gasteiger partial charge is 0.269 e. The van der Waals surface area contributed by atoms with E-state index in [9.17, 15) is 19.5 Å². The predicted octanol–water partition coefficient (Wildman–Crippen LogP) is -0.394. The van der Waals surface area contributed by atoms with Crippen molar-refractivity contribution >= 4 is 46.0 Å². The molecule has 1 fully saturated rings. The zero-order valence-electron chi connectivity index (χ0n) is 19.4. The minimum atomic E-state index is -2.24. The van der Waals surface area contributed by atoms with Crippen molar-refractivity contribution in [2.24, 2.45) is 5.73 Å². The summed E-state index contributed by atoms with van der Waals surface area (Å²) in [5.41, 5.74) is 9.70. The van der Waals surface area contributed by atoms with Crippen LogP contribution in [0.3, 0.4) is 0 Å². The van der Waals surface area contributed by atoms with Crippen molar-refractivity contribution in [2.75, 3.05) is 29.1 Å². The Kier molecular flexibility index (Phi) is 5.77. The second-order valence-corrected chi connectivity index (χ2v) is 8.40. The third kappa shape index (κ3) is 4.32. The molecule has 3 amide bonds. The number of fused-ring (bicyclic) bond motifs is 1. The Morgan fingerprint density at radius 1 is 1.27 bits per heavy atom. The number of hydrogen-bond acceptors (Lipinski definition) is 11. The Labute approximate surface area is 208 Å². The van der Waals surface area contributed by atoms with E-state index in [2.05, 4.69) is 25.8 Å². The fourth-order valence-electron chi connectivity index (χ4n) is 3.83. The van der Waals surface area contributed by atoms with Crippen LogP contribution >= 0.6 is 0 Å². The van der Waals surface area contributed by atoms with Crippen LogP contribution in [0.25, 0.3) is 16.7 Å². The summed E-state index contributed by atoms with van der Waals surface area (Å²) in [5.74, 6) is -1.84. The van der Waals surface area contributed by atoms with Gasteiger partial charge >= 0.3 is 0 Å². The number of amides is 3. The highest BCUT2D eigenvalue weighted by atomic mass is 16.5. The standard InChI is InChI=1S/C22H21N9O6/c1-22(35,21(34)26-11-2-3-13-15(8-11)37-29-18(13)23)17-20(33)30(6-7-36-17)16-4-5-31(28-16)12-9-14(19(24)32)27-25-10-12/h2-5,8-10,17,35H,6-7H2,1H3,(H2,23,29)(H2,24,32)(H,26,34)/t17-,22-/m0/s1. The fourth-order valence-corrected chi connectivity index (χ4v) is 3.83. The molecule has 3 aromatic heterocycles. The Hall–Kier alpha value is -4.89. The van der Waals surface area contributed by atoms with Crippen molar-refractivity contribution in [3.8, 4) is 5.69 Å². The summed E-state index contributed by atoms with van der Waals surface area (Å²) in [6.45, 7) is 1.36. The molecule has 15 heteroatoms. The molecule has 1 aliphatic rings. The number of carbonyl (C=O) groups excluding carboxylic acids is 3. The van der Waals surface area contributed by atoms with E-state index < -0.39 is 29.4 Å². The quantitative estimate of drug-likeness (QED) is 0.263. The number of nitrogens with one attached hydrogen (secondary N) is 1. The number of hydrogen-bond donors (Lipinski definition) is 4. The second-order valence-electron chi connectivity index (χ2n) is 8.40. The van der Waals surface area contributed by atoms with Gasteiger partial charge < -0.3 is 31.2 Å². The summed E-state index contributed by atoms with van der Waals surface area (Å²) in [7, 11) is 0. The molecule has 0 saturated carbocycles. The number of primary amides is 1. The predicted molar refractivity (Wildman–Crippen MR) is 127 cm³/mol. The van der Waals surface area contributed by atoms with Crippen molar-refractivity contribution in [1.82, 2.24) is 25.1 Å². The maximum atomic E-state index is 13.3. The van der Waals surface area contributed by atoms with E-state index in [0.717, 1.165) is 0 Å². The van der Waals surface area contributed by atoms with Gasteiger partial charge in [0.2, 0.25) is 0 Å². The highest BCUT2D eigenvalue weighted by molar-refractivity contribution is 6.06. The van der Waals surface area contributed by atoms with Gasteiger partial charge in [-0.3, -0.25) is 19.3 Å². The van der Waals surface area contributed by atoms with Crippen LogP contribution in [0.4, 0.5) is 17.3 Å². The lowest BCUT2D eigenvalue weighted by Gasteiger charge is -2.37. The molecule has 190 valence electrons. The van der Waals surface area contributed by atoms with Crippen molar-refractivity contribution in [3.63, 3.8) is 0 Å². The van der Waals surface area contributed by atoms with Crippen LogP contribution in [-0.4, -0.2) is 72.8 Å². The van der Waals surface area contributed by atoms with E-state index in [1.54, 1.807) is 24.4 Å². The zero-order chi connectivity index (χ0) is 26.3. The van der Waals surface area contributed by atoms with Gasteiger partial charge in [-0.25, -0.2) is 4.68 Å². The molecule has 0 bridgehead atoms. The normalized spacial score (nSPS) is 17.5. The van der Waals surface area contributed by atoms with E-state index in [1.807, 2.05) is 0 Å². The van der Waals surface area contributed by atoms with Crippen LogP contribution < -0.4 is 21.7 Å². The SMILES string of the molecule is C[C@@](O)(C(=O)Nc1ccc2c(N)noc2c1)[C@H]1OCCN(c2ccn(-c3cnnc(C(N)=O)c3)n2)C1=O. The lowest BCUT2D eigenvalue weighted by atomic mass is 9.95. The summed E-state index contributed by atoms with van der Waals surface area (Å²) >= 11 is 0. The minimum Gasteiger partial charge on any atom is -0.380 e. The number of nitrogens with zero attached hydrogens (tertiary/aromatic N) is 6.